The highest BCUT2D eigenvalue weighted by atomic mass is 16.5. The molecule has 0 aliphatic heterocycles. The van der Waals surface area contributed by atoms with E-state index in [0.717, 1.165) is 16.6 Å². The van der Waals surface area contributed by atoms with E-state index in [1.165, 1.54) is 0 Å². The van der Waals surface area contributed by atoms with Crippen molar-refractivity contribution < 1.29 is 13.9 Å². The monoisotopic (exact) mass is 318 g/mol. The summed E-state index contributed by atoms with van der Waals surface area (Å²) in [5.74, 6) is -0.258. The first kappa shape index (κ1) is 14.3. The molecule has 0 N–H and O–H groups in total. The van der Waals surface area contributed by atoms with Crippen LogP contribution in [0.5, 0.6) is 0 Å². The lowest BCUT2D eigenvalue weighted by Gasteiger charge is -2.05. The molecule has 0 bridgehead atoms. The lowest BCUT2D eigenvalue weighted by atomic mass is 10.2. The molecule has 0 radical (unpaired) electrons. The summed E-state index contributed by atoms with van der Waals surface area (Å²) in [6, 6.07) is 18.7. The molecule has 24 heavy (non-hydrogen) atoms. The van der Waals surface area contributed by atoms with Crippen LogP contribution in [-0.4, -0.2) is 15.7 Å². The normalized spacial score (nSPS) is 10.8. The predicted molar refractivity (Wildman–Crippen MR) is 88.9 cm³/mol. The van der Waals surface area contributed by atoms with Crippen LogP contribution < -0.4 is 0 Å². The number of hydrogen-bond donors (Lipinski definition) is 0. The van der Waals surface area contributed by atoms with Gasteiger partial charge in [-0.3, -0.25) is 0 Å². The Bertz CT molecular complexity index is 936. The third kappa shape index (κ3) is 2.79. The highest BCUT2D eigenvalue weighted by Crippen LogP contribution is 2.20. The summed E-state index contributed by atoms with van der Waals surface area (Å²) >= 11 is 0. The van der Waals surface area contributed by atoms with Crippen LogP contribution in [0.2, 0.25) is 0 Å². The zero-order valence-electron chi connectivity index (χ0n) is 12.8. The Morgan fingerprint density at radius 3 is 2.67 bits per heavy atom. The smallest absolute Gasteiger partial charge is 0.374 e. The number of carbonyl (C=O) groups excluding carboxylic acids is 1. The lowest BCUT2D eigenvalue weighted by molar-refractivity contribution is 0.0439. The third-order valence-corrected chi connectivity index (χ3v) is 3.70. The highest BCUT2D eigenvalue weighted by Gasteiger charge is 2.13. The molecule has 0 unspecified atom stereocenters. The molecule has 0 fully saturated rings. The molecule has 118 valence electrons. The molecule has 0 saturated heterocycles. The van der Waals surface area contributed by atoms with Gasteiger partial charge >= 0.3 is 5.97 Å². The molecule has 0 aliphatic carbocycles. The molecule has 5 nitrogen and oxygen atoms in total. The van der Waals surface area contributed by atoms with Crippen LogP contribution in [0.25, 0.3) is 16.7 Å². The Labute approximate surface area is 138 Å². The zero-order chi connectivity index (χ0) is 16.4. The number of rotatable bonds is 4. The number of fused-ring (bicyclic) bond motifs is 1. The predicted octanol–water partition coefficient (Wildman–Crippen LogP) is 3.98. The Hall–Kier alpha value is -3.34. The first-order valence-corrected chi connectivity index (χ1v) is 7.54. The fourth-order valence-electron chi connectivity index (χ4n) is 2.47. The molecular weight excluding hydrogens is 304 g/mol. The minimum Gasteiger partial charge on any atom is -0.455 e. The minimum atomic E-state index is -0.470. The van der Waals surface area contributed by atoms with Gasteiger partial charge in [0.2, 0.25) is 5.76 Å². The topological polar surface area (TPSA) is 57.3 Å². The van der Waals surface area contributed by atoms with Crippen molar-refractivity contribution in [3.63, 3.8) is 0 Å². The Morgan fingerprint density at radius 1 is 1.08 bits per heavy atom. The van der Waals surface area contributed by atoms with Gasteiger partial charge in [-0.15, -0.1) is 0 Å². The van der Waals surface area contributed by atoms with E-state index < -0.39 is 5.97 Å². The van der Waals surface area contributed by atoms with Crippen molar-refractivity contribution in [2.75, 3.05) is 0 Å². The van der Waals surface area contributed by atoms with E-state index >= 15 is 0 Å². The SMILES string of the molecule is O=C(OCc1ccc(-n2cccn2)cc1)c1cc2ccccc2o1. The van der Waals surface area contributed by atoms with Gasteiger partial charge < -0.3 is 9.15 Å². The largest absolute Gasteiger partial charge is 0.455 e. The van der Waals surface area contributed by atoms with Crippen molar-refractivity contribution in [3.8, 4) is 5.69 Å². The minimum absolute atomic E-state index is 0.190. The number of furan rings is 1. The van der Waals surface area contributed by atoms with Crippen LogP contribution in [-0.2, 0) is 11.3 Å². The van der Waals surface area contributed by atoms with E-state index in [-0.39, 0.29) is 12.4 Å². The fourth-order valence-corrected chi connectivity index (χ4v) is 2.47. The van der Waals surface area contributed by atoms with Gasteiger partial charge in [-0.25, -0.2) is 9.48 Å². The average molecular weight is 318 g/mol. The van der Waals surface area contributed by atoms with Crippen molar-refractivity contribution >= 4 is 16.9 Å². The molecule has 2 heterocycles. The van der Waals surface area contributed by atoms with Crippen molar-refractivity contribution in [1.29, 1.82) is 0 Å². The molecule has 0 spiro atoms. The van der Waals surface area contributed by atoms with Gasteiger partial charge in [-0.05, 0) is 35.9 Å². The summed E-state index contributed by atoms with van der Waals surface area (Å²) in [6.45, 7) is 0.190. The van der Waals surface area contributed by atoms with E-state index in [2.05, 4.69) is 5.10 Å². The third-order valence-electron chi connectivity index (χ3n) is 3.70. The average Bonchev–Trinajstić information content (AvgIpc) is 3.29. The summed E-state index contributed by atoms with van der Waals surface area (Å²) in [7, 11) is 0. The molecule has 2 aromatic carbocycles. The van der Waals surface area contributed by atoms with E-state index in [4.69, 9.17) is 9.15 Å². The van der Waals surface area contributed by atoms with Crippen LogP contribution in [0.4, 0.5) is 0 Å². The van der Waals surface area contributed by atoms with Crippen LogP contribution in [0.3, 0.4) is 0 Å². The Balaban J connectivity index is 1.43. The molecular formula is C19H14N2O3. The standard InChI is InChI=1S/C19H14N2O3/c22-19(18-12-15-4-1-2-5-17(15)24-18)23-13-14-6-8-16(9-7-14)21-11-3-10-20-21/h1-12H,13H2. The molecule has 0 aliphatic rings. The summed E-state index contributed by atoms with van der Waals surface area (Å²) < 4.78 is 12.6. The van der Waals surface area contributed by atoms with E-state index in [1.54, 1.807) is 16.9 Å². The van der Waals surface area contributed by atoms with Crippen molar-refractivity contribution in [1.82, 2.24) is 9.78 Å². The number of nitrogens with zero attached hydrogens (tertiary/aromatic N) is 2. The van der Waals surface area contributed by atoms with Crippen LogP contribution in [0.15, 0.2) is 77.5 Å². The second kappa shape index (κ2) is 6.04. The maximum atomic E-state index is 12.1. The Morgan fingerprint density at radius 2 is 1.92 bits per heavy atom. The number of aromatic nitrogens is 2. The van der Waals surface area contributed by atoms with Gasteiger partial charge in [0.1, 0.15) is 12.2 Å². The second-order valence-electron chi connectivity index (χ2n) is 5.34. The summed E-state index contributed by atoms with van der Waals surface area (Å²) in [6.07, 6.45) is 3.60. The number of carbonyl (C=O) groups is 1. The maximum absolute atomic E-state index is 12.1. The summed E-state index contributed by atoms with van der Waals surface area (Å²) in [4.78, 5) is 12.1. The van der Waals surface area contributed by atoms with E-state index in [9.17, 15) is 4.79 Å². The highest BCUT2D eigenvalue weighted by molar-refractivity contribution is 5.92. The molecule has 0 saturated carbocycles. The fraction of sp³-hybridized carbons (Fsp3) is 0.0526. The van der Waals surface area contributed by atoms with Gasteiger partial charge in [-0.1, -0.05) is 30.3 Å². The van der Waals surface area contributed by atoms with Crippen LogP contribution in [0.1, 0.15) is 16.1 Å². The maximum Gasteiger partial charge on any atom is 0.374 e. The van der Waals surface area contributed by atoms with Gasteiger partial charge in [0.25, 0.3) is 0 Å². The van der Waals surface area contributed by atoms with Crippen LogP contribution >= 0.6 is 0 Å². The van der Waals surface area contributed by atoms with Crippen molar-refractivity contribution in [2.45, 2.75) is 6.61 Å². The van der Waals surface area contributed by atoms with Gasteiger partial charge in [0.05, 0.1) is 5.69 Å². The number of esters is 1. The van der Waals surface area contributed by atoms with E-state index in [0.29, 0.717) is 5.58 Å². The molecule has 0 amide bonds. The van der Waals surface area contributed by atoms with Crippen molar-refractivity contribution in [2.24, 2.45) is 0 Å². The van der Waals surface area contributed by atoms with Crippen molar-refractivity contribution in [3.05, 3.63) is 84.4 Å². The quantitative estimate of drug-likeness (QED) is 0.534. The summed E-state index contributed by atoms with van der Waals surface area (Å²) in [5.41, 5.74) is 2.52. The van der Waals surface area contributed by atoms with Gasteiger partial charge in [-0.2, -0.15) is 5.10 Å². The van der Waals surface area contributed by atoms with E-state index in [1.807, 2.05) is 60.8 Å². The number of hydrogen-bond acceptors (Lipinski definition) is 4. The second-order valence-corrected chi connectivity index (χ2v) is 5.34. The molecule has 5 heteroatoms. The molecule has 4 aromatic rings. The molecule has 2 aromatic heterocycles. The number of benzene rings is 2. The first-order valence-electron chi connectivity index (χ1n) is 7.54. The number of ether oxygens (including phenoxy) is 1. The summed E-state index contributed by atoms with van der Waals surface area (Å²) in [5, 5.41) is 5.05. The van der Waals surface area contributed by atoms with Gasteiger partial charge in [0.15, 0.2) is 0 Å². The first-order chi connectivity index (χ1) is 11.8. The molecule has 4 rings (SSSR count). The van der Waals surface area contributed by atoms with Crippen LogP contribution in [0, 0.1) is 0 Å². The Kier molecular flexibility index (Phi) is 3.59. The zero-order valence-corrected chi connectivity index (χ0v) is 12.8. The number of para-hydroxylation sites is 1. The van der Waals surface area contributed by atoms with Gasteiger partial charge in [0, 0.05) is 17.8 Å². The lowest BCUT2D eigenvalue weighted by Crippen LogP contribution is -2.04. The molecule has 0 atom stereocenters.